The molecule has 0 aliphatic carbocycles. The Bertz CT molecular complexity index is 1140. The summed E-state index contributed by atoms with van der Waals surface area (Å²) in [6.45, 7) is 5.13. The fourth-order valence-electron chi connectivity index (χ4n) is 3.78. The Hall–Kier alpha value is -4.00. The fourth-order valence-corrected chi connectivity index (χ4v) is 3.78. The van der Waals surface area contributed by atoms with Crippen molar-refractivity contribution in [1.29, 1.82) is 0 Å². The molecule has 1 aliphatic rings. The van der Waals surface area contributed by atoms with Gasteiger partial charge in [0, 0.05) is 41.5 Å². The zero-order valence-electron chi connectivity index (χ0n) is 17.7. The van der Waals surface area contributed by atoms with Gasteiger partial charge in [-0.2, -0.15) is 0 Å². The summed E-state index contributed by atoms with van der Waals surface area (Å²) in [5, 5.41) is 2.80. The van der Waals surface area contributed by atoms with Gasteiger partial charge in [-0.1, -0.05) is 36.9 Å². The number of allylic oxidation sites excluding steroid dienone is 1. The lowest BCUT2D eigenvalue weighted by Crippen LogP contribution is -2.39. The zero-order chi connectivity index (χ0) is 22.5. The maximum Gasteiger partial charge on any atom is 0.275 e. The molecule has 1 saturated heterocycles. The van der Waals surface area contributed by atoms with Gasteiger partial charge in [0.15, 0.2) is 0 Å². The van der Waals surface area contributed by atoms with E-state index in [2.05, 4.69) is 21.9 Å². The van der Waals surface area contributed by atoms with Crippen LogP contribution in [0.1, 0.15) is 33.7 Å². The summed E-state index contributed by atoms with van der Waals surface area (Å²) in [5.41, 5.74) is 9.22. The van der Waals surface area contributed by atoms with Crippen molar-refractivity contribution in [3.05, 3.63) is 90.5 Å². The van der Waals surface area contributed by atoms with E-state index < -0.39 is 0 Å². The third-order valence-electron chi connectivity index (χ3n) is 5.61. The zero-order valence-corrected chi connectivity index (χ0v) is 17.7. The van der Waals surface area contributed by atoms with Crippen LogP contribution in [0.25, 0.3) is 11.3 Å². The third kappa shape index (κ3) is 4.83. The number of nitrogens with zero attached hydrogens (tertiary/aromatic N) is 3. The molecule has 4 rings (SSSR count). The summed E-state index contributed by atoms with van der Waals surface area (Å²) in [5.74, 6) is -0.105. The molecular weight excluding hydrogens is 402 g/mol. The van der Waals surface area contributed by atoms with Crippen molar-refractivity contribution in [1.82, 2.24) is 14.9 Å². The van der Waals surface area contributed by atoms with Crippen LogP contribution in [-0.2, 0) is 0 Å². The van der Waals surface area contributed by atoms with E-state index in [-0.39, 0.29) is 23.4 Å². The lowest BCUT2D eigenvalue weighted by Gasteiger charge is -2.32. The maximum absolute atomic E-state index is 13.0. The SMILES string of the molecule is C=C(N)C1CCN(C(=O)c2cccc(-c3cncc(C(=O)Nc4ccccc4)n3)c2)CC1. The highest BCUT2D eigenvalue weighted by Gasteiger charge is 2.24. The number of nitrogens with one attached hydrogen (secondary N) is 1. The van der Waals surface area contributed by atoms with Crippen LogP contribution >= 0.6 is 0 Å². The first kappa shape index (κ1) is 21.2. The molecule has 3 aromatic rings. The number of anilines is 1. The van der Waals surface area contributed by atoms with Crippen molar-refractivity contribution in [2.24, 2.45) is 11.7 Å². The maximum atomic E-state index is 13.0. The van der Waals surface area contributed by atoms with E-state index in [1.54, 1.807) is 30.5 Å². The number of likely N-dealkylation sites (tertiary alicyclic amines) is 1. The normalized spacial score (nSPS) is 14.1. The van der Waals surface area contributed by atoms with Gasteiger partial charge < -0.3 is 16.0 Å². The fraction of sp³-hybridized carbons (Fsp3) is 0.200. The number of nitrogens with two attached hydrogens (primary N) is 1. The Morgan fingerprint density at radius 3 is 2.50 bits per heavy atom. The van der Waals surface area contributed by atoms with Crippen LogP contribution in [0.2, 0.25) is 0 Å². The van der Waals surface area contributed by atoms with Gasteiger partial charge in [-0.05, 0) is 37.1 Å². The van der Waals surface area contributed by atoms with Crippen LogP contribution in [-0.4, -0.2) is 39.8 Å². The molecular formula is C25H25N5O2. The minimum Gasteiger partial charge on any atom is -0.402 e. The summed E-state index contributed by atoms with van der Waals surface area (Å²) in [4.78, 5) is 36.0. The van der Waals surface area contributed by atoms with Crippen molar-refractivity contribution in [3.63, 3.8) is 0 Å². The molecule has 0 radical (unpaired) electrons. The van der Waals surface area contributed by atoms with Crippen molar-refractivity contribution < 1.29 is 9.59 Å². The van der Waals surface area contributed by atoms with Gasteiger partial charge in [0.25, 0.3) is 11.8 Å². The average molecular weight is 428 g/mol. The third-order valence-corrected chi connectivity index (χ3v) is 5.61. The molecule has 0 unspecified atom stereocenters. The van der Waals surface area contributed by atoms with Crippen molar-refractivity contribution in [3.8, 4) is 11.3 Å². The predicted molar refractivity (Wildman–Crippen MR) is 124 cm³/mol. The number of carbonyl (C=O) groups is 2. The number of hydrogen-bond acceptors (Lipinski definition) is 5. The lowest BCUT2D eigenvalue weighted by atomic mass is 9.94. The van der Waals surface area contributed by atoms with Gasteiger partial charge in [-0.3, -0.25) is 14.6 Å². The number of piperidine rings is 1. The van der Waals surface area contributed by atoms with Crippen LogP contribution in [0.4, 0.5) is 5.69 Å². The Kier molecular flexibility index (Phi) is 6.26. The molecule has 7 nitrogen and oxygen atoms in total. The molecule has 2 amide bonds. The van der Waals surface area contributed by atoms with Crippen molar-refractivity contribution >= 4 is 17.5 Å². The largest absolute Gasteiger partial charge is 0.402 e. The van der Waals surface area contributed by atoms with E-state index in [4.69, 9.17) is 5.73 Å². The summed E-state index contributed by atoms with van der Waals surface area (Å²) in [6, 6.07) is 16.4. The molecule has 0 saturated carbocycles. The molecule has 0 spiro atoms. The molecule has 2 aromatic carbocycles. The Labute approximate surface area is 187 Å². The van der Waals surface area contributed by atoms with E-state index in [9.17, 15) is 9.59 Å². The number of carbonyl (C=O) groups excluding carboxylic acids is 2. The summed E-state index contributed by atoms with van der Waals surface area (Å²) in [7, 11) is 0. The van der Waals surface area contributed by atoms with Gasteiger partial charge >= 0.3 is 0 Å². The van der Waals surface area contributed by atoms with E-state index in [0.29, 0.717) is 35.7 Å². The second-order valence-electron chi connectivity index (χ2n) is 7.83. The predicted octanol–water partition coefficient (Wildman–Crippen LogP) is 3.72. The van der Waals surface area contributed by atoms with Crippen LogP contribution in [0.5, 0.6) is 0 Å². The van der Waals surface area contributed by atoms with E-state index in [1.807, 2.05) is 35.2 Å². The highest BCUT2D eigenvalue weighted by Crippen LogP contribution is 2.24. The molecule has 0 atom stereocenters. The van der Waals surface area contributed by atoms with Crippen LogP contribution < -0.4 is 11.1 Å². The molecule has 0 bridgehead atoms. The van der Waals surface area contributed by atoms with Crippen LogP contribution in [0, 0.1) is 5.92 Å². The Balaban J connectivity index is 1.50. The highest BCUT2D eigenvalue weighted by atomic mass is 16.2. The quantitative estimate of drug-likeness (QED) is 0.646. The van der Waals surface area contributed by atoms with Gasteiger partial charge in [0.1, 0.15) is 5.69 Å². The van der Waals surface area contributed by atoms with Gasteiger partial charge in [0.05, 0.1) is 18.1 Å². The molecule has 1 aliphatic heterocycles. The monoisotopic (exact) mass is 427 g/mol. The first-order valence-corrected chi connectivity index (χ1v) is 10.5. The Morgan fingerprint density at radius 1 is 1.03 bits per heavy atom. The number of para-hydroxylation sites is 1. The molecule has 1 aromatic heterocycles. The summed E-state index contributed by atoms with van der Waals surface area (Å²) >= 11 is 0. The minimum atomic E-state index is -0.345. The molecule has 2 heterocycles. The second-order valence-corrected chi connectivity index (χ2v) is 7.83. The Morgan fingerprint density at radius 2 is 1.78 bits per heavy atom. The van der Waals surface area contributed by atoms with E-state index in [1.165, 1.54) is 6.20 Å². The van der Waals surface area contributed by atoms with Gasteiger partial charge in [-0.15, -0.1) is 0 Å². The second kappa shape index (κ2) is 9.43. The van der Waals surface area contributed by atoms with E-state index >= 15 is 0 Å². The summed E-state index contributed by atoms with van der Waals surface area (Å²) < 4.78 is 0. The lowest BCUT2D eigenvalue weighted by molar-refractivity contribution is 0.0701. The number of amides is 2. The number of benzene rings is 2. The standard InChI is InChI=1S/C25H25N5O2/c1-17(26)18-10-12-30(13-11-18)25(32)20-7-5-6-19(14-20)22-15-27-16-23(29-22)24(31)28-21-8-3-2-4-9-21/h2-9,14-16,18H,1,10-13,26H2,(H,28,31). The van der Waals surface area contributed by atoms with Gasteiger partial charge in [0.2, 0.25) is 0 Å². The smallest absolute Gasteiger partial charge is 0.275 e. The number of aromatic nitrogens is 2. The molecule has 162 valence electrons. The molecule has 32 heavy (non-hydrogen) atoms. The average Bonchev–Trinajstić information content (AvgIpc) is 2.84. The summed E-state index contributed by atoms with van der Waals surface area (Å²) in [6.07, 6.45) is 4.66. The van der Waals surface area contributed by atoms with Crippen molar-refractivity contribution in [2.45, 2.75) is 12.8 Å². The van der Waals surface area contributed by atoms with Crippen LogP contribution in [0.3, 0.4) is 0 Å². The number of rotatable bonds is 5. The van der Waals surface area contributed by atoms with E-state index in [0.717, 1.165) is 18.4 Å². The molecule has 3 N–H and O–H groups in total. The number of hydrogen-bond donors (Lipinski definition) is 2. The highest BCUT2D eigenvalue weighted by molar-refractivity contribution is 6.03. The first-order chi connectivity index (χ1) is 15.5. The molecule has 1 fully saturated rings. The van der Waals surface area contributed by atoms with Crippen LogP contribution in [0.15, 0.2) is 79.3 Å². The van der Waals surface area contributed by atoms with Crippen molar-refractivity contribution in [2.75, 3.05) is 18.4 Å². The first-order valence-electron chi connectivity index (χ1n) is 10.5. The topological polar surface area (TPSA) is 101 Å². The van der Waals surface area contributed by atoms with Gasteiger partial charge in [-0.25, -0.2) is 4.98 Å². The minimum absolute atomic E-state index is 0.0288. The molecule has 7 heteroatoms.